The van der Waals surface area contributed by atoms with Crippen molar-refractivity contribution in [1.29, 1.82) is 0 Å². The molecule has 4 heterocycles. The number of piperidine rings is 1. The predicted molar refractivity (Wildman–Crippen MR) is 124 cm³/mol. The summed E-state index contributed by atoms with van der Waals surface area (Å²) in [5, 5.41) is 8.53. The lowest BCUT2D eigenvalue weighted by atomic mass is 9.83. The lowest BCUT2D eigenvalue weighted by molar-refractivity contribution is 0.186. The molecule has 0 bridgehead atoms. The maximum absolute atomic E-state index is 14.9. The Bertz CT molecular complexity index is 1150. The van der Waals surface area contributed by atoms with Crippen LogP contribution in [0.3, 0.4) is 0 Å². The number of ether oxygens (including phenoxy) is 1. The van der Waals surface area contributed by atoms with E-state index in [0.717, 1.165) is 66.9 Å². The molecule has 1 aromatic carbocycles. The number of anilines is 1. The first kappa shape index (κ1) is 21.3. The van der Waals surface area contributed by atoms with Gasteiger partial charge in [0.25, 0.3) is 5.89 Å². The molecule has 3 atom stereocenters. The third-order valence-electron chi connectivity index (χ3n) is 6.72. The van der Waals surface area contributed by atoms with Gasteiger partial charge in [-0.05, 0) is 69.2 Å². The second-order valence-corrected chi connectivity index (χ2v) is 9.22. The normalized spacial score (nSPS) is 23.9. The van der Waals surface area contributed by atoms with E-state index in [4.69, 9.17) is 14.2 Å². The summed E-state index contributed by atoms with van der Waals surface area (Å²) in [5.74, 6) is 1.64. The topological polar surface area (TPSA) is 76.3 Å². The van der Waals surface area contributed by atoms with Crippen molar-refractivity contribution in [3.63, 3.8) is 0 Å². The van der Waals surface area contributed by atoms with Crippen LogP contribution in [0.1, 0.15) is 36.2 Å². The summed E-state index contributed by atoms with van der Waals surface area (Å²) >= 11 is 0. The first-order valence-electron chi connectivity index (χ1n) is 11.4. The Morgan fingerprint density at radius 3 is 2.69 bits per heavy atom. The summed E-state index contributed by atoms with van der Waals surface area (Å²) in [4.78, 5) is 11.6. The minimum Gasteiger partial charge on any atom is -0.380 e. The fraction of sp³-hybridized carbons (Fsp3) is 0.522. The van der Waals surface area contributed by atoms with Gasteiger partial charge in [0.05, 0.1) is 12.2 Å². The van der Waals surface area contributed by atoms with Gasteiger partial charge < -0.3 is 19.5 Å². The summed E-state index contributed by atoms with van der Waals surface area (Å²) in [6.07, 6.45) is 3.03. The maximum atomic E-state index is 14.9. The standard InChI is InChI=1S/C23H29BFN5O2/c1-12-8-17-13(2)20(23-26-14(3)29-32-23)22(28-21(17)18(25)9-12)30-6-4-15(10-19(30)24)27-16-5-7-31-11-16/h8-9,15-16,19,27H,4-7,10-11,24H2,1-3H3/t15-,16-,19-/m1/s1. The molecule has 2 fully saturated rings. The van der Waals surface area contributed by atoms with E-state index < -0.39 is 0 Å². The molecule has 0 unspecified atom stereocenters. The summed E-state index contributed by atoms with van der Waals surface area (Å²) in [6, 6.07) is 4.38. The van der Waals surface area contributed by atoms with Gasteiger partial charge in [-0.2, -0.15) is 4.98 Å². The van der Waals surface area contributed by atoms with Crippen LogP contribution in [0.15, 0.2) is 16.7 Å². The Morgan fingerprint density at radius 2 is 2.00 bits per heavy atom. The molecule has 5 rings (SSSR count). The van der Waals surface area contributed by atoms with Crippen molar-refractivity contribution in [2.45, 2.75) is 58.1 Å². The van der Waals surface area contributed by atoms with Gasteiger partial charge in [-0.15, -0.1) is 0 Å². The number of pyridine rings is 1. The largest absolute Gasteiger partial charge is 0.380 e. The molecule has 7 nitrogen and oxygen atoms in total. The monoisotopic (exact) mass is 437 g/mol. The lowest BCUT2D eigenvalue weighted by Gasteiger charge is -2.40. The van der Waals surface area contributed by atoms with Crippen LogP contribution in [0.2, 0.25) is 0 Å². The number of hydrogen-bond acceptors (Lipinski definition) is 7. The van der Waals surface area contributed by atoms with Crippen LogP contribution in [0.5, 0.6) is 0 Å². The average molecular weight is 437 g/mol. The van der Waals surface area contributed by atoms with Gasteiger partial charge in [0.15, 0.2) is 5.82 Å². The molecular formula is C23H29BFN5O2. The quantitative estimate of drug-likeness (QED) is 0.629. The summed E-state index contributed by atoms with van der Waals surface area (Å²) in [5.41, 5.74) is 2.95. The summed E-state index contributed by atoms with van der Waals surface area (Å²) < 4.78 is 26.0. The molecule has 0 saturated carbocycles. The first-order chi connectivity index (χ1) is 15.4. The highest BCUT2D eigenvalue weighted by Crippen LogP contribution is 2.38. The molecular weight excluding hydrogens is 408 g/mol. The number of fused-ring (bicyclic) bond motifs is 1. The smallest absolute Gasteiger partial charge is 0.261 e. The number of aromatic nitrogens is 3. The number of rotatable bonds is 4. The van der Waals surface area contributed by atoms with Crippen molar-refractivity contribution in [3.8, 4) is 11.5 Å². The van der Waals surface area contributed by atoms with Crippen LogP contribution in [-0.2, 0) is 4.74 Å². The molecule has 168 valence electrons. The van der Waals surface area contributed by atoms with E-state index in [2.05, 4.69) is 28.2 Å². The van der Waals surface area contributed by atoms with Gasteiger partial charge in [-0.25, -0.2) is 9.37 Å². The molecule has 2 saturated heterocycles. The third kappa shape index (κ3) is 3.88. The van der Waals surface area contributed by atoms with Crippen LogP contribution in [0.25, 0.3) is 22.4 Å². The van der Waals surface area contributed by atoms with Gasteiger partial charge in [-0.3, -0.25) is 0 Å². The van der Waals surface area contributed by atoms with Gasteiger partial charge in [0.1, 0.15) is 25.0 Å². The van der Waals surface area contributed by atoms with Crippen LogP contribution in [-0.4, -0.2) is 60.8 Å². The molecule has 2 aromatic heterocycles. The molecule has 0 amide bonds. The Kier molecular flexibility index (Phi) is 5.63. The van der Waals surface area contributed by atoms with E-state index in [1.54, 1.807) is 13.0 Å². The average Bonchev–Trinajstić information content (AvgIpc) is 3.40. The maximum Gasteiger partial charge on any atom is 0.261 e. The molecule has 0 radical (unpaired) electrons. The van der Waals surface area contributed by atoms with Crippen molar-refractivity contribution in [2.75, 3.05) is 24.7 Å². The number of nitrogens with zero attached hydrogens (tertiary/aromatic N) is 4. The van der Waals surface area contributed by atoms with E-state index >= 15 is 0 Å². The number of benzene rings is 1. The van der Waals surface area contributed by atoms with Crippen LogP contribution in [0.4, 0.5) is 10.2 Å². The molecule has 2 aliphatic rings. The Morgan fingerprint density at radius 1 is 1.16 bits per heavy atom. The molecule has 1 N–H and O–H groups in total. The molecule has 2 aliphatic heterocycles. The number of hydrogen-bond donors (Lipinski definition) is 1. The highest BCUT2D eigenvalue weighted by Gasteiger charge is 2.32. The molecule has 0 spiro atoms. The molecule has 9 heteroatoms. The zero-order valence-corrected chi connectivity index (χ0v) is 19.1. The van der Waals surface area contributed by atoms with Gasteiger partial charge in [0.2, 0.25) is 0 Å². The van der Waals surface area contributed by atoms with Crippen LogP contribution in [0, 0.1) is 26.6 Å². The van der Waals surface area contributed by atoms with Crippen molar-refractivity contribution < 1.29 is 13.7 Å². The van der Waals surface area contributed by atoms with Crippen molar-refractivity contribution in [2.24, 2.45) is 0 Å². The third-order valence-corrected chi connectivity index (χ3v) is 6.72. The summed E-state index contributed by atoms with van der Waals surface area (Å²) in [6.45, 7) is 8.12. The zero-order chi connectivity index (χ0) is 22.4. The Balaban J connectivity index is 1.55. The van der Waals surface area contributed by atoms with Crippen LogP contribution < -0.4 is 10.2 Å². The minimum absolute atomic E-state index is 0.226. The second kappa shape index (κ2) is 8.44. The van der Waals surface area contributed by atoms with E-state index in [0.29, 0.717) is 29.3 Å². The molecule has 0 aliphatic carbocycles. The van der Waals surface area contributed by atoms with Gasteiger partial charge >= 0.3 is 0 Å². The van der Waals surface area contributed by atoms with E-state index in [1.165, 1.54) is 0 Å². The van der Waals surface area contributed by atoms with Gasteiger partial charge in [0, 0.05) is 30.6 Å². The number of aryl methyl sites for hydroxylation is 3. The number of halogens is 1. The van der Waals surface area contributed by atoms with Crippen LogP contribution >= 0.6 is 0 Å². The first-order valence-corrected chi connectivity index (χ1v) is 11.4. The minimum atomic E-state index is -0.303. The predicted octanol–water partition coefficient (Wildman–Crippen LogP) is 2.66. The Labute approximate surface area is 188 Å². The van der Waals surface area contributed by atoms with E-state index in [1.807, 2.05) is 19.9 Å². The van der Waals surface area contributed by atoms with E-state index in [9.17, 15) is 4.39 Å². The van der Waals surface area contributed by atoms with Crippen molar-refractivity contribution >= 4 is 24.6 Å². The second-order valence-electron chi connectivity index (χ2n) is 9.22. The SMILES string of the molecule is B[C@H]1C[C@H](N[C@@H]2CCOC2)CCN1c1nc2c(F)cc(C)cc2c(C)c1-c1nc(C)no1. The molecule has 3 aromatic rings. The summed E-state index contributed by atoms with van der Waals surface area (Å²) in [7, 11) is 2.20. The van der Waals surface area contributed by atoms with Crippen molar-refractivity contribution in [1.82, 2.24) is 20.4 Å². The molecule has 32 heavy (non-hydrogen) atoms. The lowest BCUT2D eigenvalue weighted by Crippen LogP contribution is -2.51. The van der Waals surface area contributed by atoms with E-state index in [-0.39, 0.29) is 11.8 Å². The van der Waals surface area contributed by atoms with Gasteiger partial charge in [-0.1, -0.05) is 5.16 Å². The Hall–Kier alpha value is -2.52. The number of nitrogens with one attached hydrogen (secondary N) is 1. The zero-order valence-electron chi connectivity index (χ0n) is 19.1. The highest BCUT2D eigenvalue weighted by atomic mass is 19.1. The fourth-order valence-corrected chi connectivity index (χ4v) is 5.10. The van der Waals surface area contributed by atoms with Crippen molar-refractivity contribution in [3.05, 3.63) is 34.9 Å². The highest BCUT2D eigenvalue weighted by molar-refractivity contribution is 6.14. The fourth-order valence-electron chi connectivity index (χ4n) is 5.10.